The number of nitrogens with one attached hydrogen (secondary N) is 1. The van der Waals surface area contributed by atoms with Gasteiger partial charge in [0.05, 0.1) is 72.7 Å². The molecule has 4 saturated heterocycles. The lowest BCUT2D eigenvalue weighted by molar-refractivity contribution is -0.120. The summed E-state index contributed by atoms with van der Waals surface area (Å²) in [4.78, 5) is 49.9. The molecule has 2 bridgehead atoms. The van der Waals surface area contributed by atoms with E-state index in [1.54, 1.807) is 23.8 Å². The van der Waals surface area contributed by atoms with Gasteiger partial charge in [-0.05, 0) is 62.1 Å². The lowest BCUT2D eigenvalue weighted by Gasteiger charge is -2.50. The Morgan fingerprint density at radius 3 is 2.38 bits per heavy atom. The maximum absolute atomic E-state index is 16.2. The van der Waals surface area contributed by atoms with E-state index >= 15 is 4.39 Å². The lowest BCUT2D eigenvalue weighted by atomic mass is 9.90. The molecule has 1 aliphatic carbocycles. The van der Waals surface area contributed by atoms with Crippen molar-refractivity contribution in [3.8, 4) is 28.6 Å². The second-order valence-electron chi connectivity index (χ2n) is 18.8. The van der Waals surface area contributed by atoms with Crippen LogP contribution in [0.15, 0.2) is 79.6 Å². The quantitative estimate of drug-likeness (QED) is 0.208. The van der Waals surface area contributed by atoms with Crippen LogP contribution in [0.2, 0.25) is 0 Å². The number of urea groups is 1. The Bertz CT molecular complexity index is 3100. The van der Waals surface area contributed by atoms with E-state index in [9.17, 15) is 14.9 Å². The van der Waals surface area contributed by atoms with Gasteiger partial charge < -0.3 is 14.5 Å². The summed E-state index contributed by atoms with van der Waals surface area (Å²) in [5.74, 6) is 0.549. The monoisotopic (exact) mass is 930 g/mol. The van der Waals surface area contributed by atoms with Crippen LogP contribution in [0, 0.1) is 17.1 Å². The van der Waals surface area contributed by atoms with Crippen molar-refractivity contribution in [2.75, 3.05) is 73.7 Å². The first-order valence-electron chi connectivity index (χ1n) is 23.8. The van der Waals surface area contributed by atoms with E-state index in [2.05, 4.69) is 63.1 Å². The normalized spacial score (nSPS) is 22.7. The van der Waals surface area contributed by atoms with Crippen molar-refractivity contribution in [3.05, 3.63) is 96.7 Å². The van der Waals surface area contributed by atoms with E-state index in [0.717, 1.165) is 81.0 Å². The van der Waals surface area contributed by atoms with Gasteiger partial charge in [0.1, 0.15) is 28.5 Å². The first kappa shape index (κ1) is 43.0. The van der Waals surface area contributed by atoms with Crippen molar-refractivity contribution in [1.29, 1.82) is 5.26 Å². The fourth-order valence-corrected chi connectivity index (χ4v) is 11.2. The molecule has 5 fully saturated rings. The number of aromatic nitrogens is 9. The minimum Gasteiger partial charge on any atom is -0.378 e. The van der Waals surface area contributed by atoms with Crippen LogP contribution in [0.25, 0.3) is 38.9 Å². The summed E-state index contributed by atoms with van der Waals surface area (Å²) in [5.41, 5.74) is 6.00. The van der Waals surface area contributed by atoms with E-state index in [1.807, 2.05) is 55.1 Å². The highest BCUT2D eigenvalue weighted by Gasteiger charge is 2.39. The molecule has 19 nitrogen and oxygen atoms in total. The molecule has 2 unspecified atom stereocenters. The SMILES string of the molecule is Cn1nc(N2CCC(=O)NC2=O)c2ccc(N3CCN([C@H]4CC[C@H](n5cc(-c6cn7ncc(C#N)c7c(-c7ccc(N8CC9COCC(C8)N9Cc8ccccn8)nc7)n6)cn5)CC4)CC3)c(F)c21. The number of hydrogen-bond donors (Lipinski definition) is 1. The number of piperazine rings is 2. The molecule has 5 aliphatic rings. The van der Waals surface area contributed by atoms with Gasteiger partial charge in [-0.3, -0.25) is 39.2 Å². The average Bonchev–Trinajstić information content (AvgIpc) is 4.12. The Kier molecular flexibility index (Phi) is 11.0. The molecule has 20 heteroatoms. The van der Waals surface area contributed by atoms with Crippen molar-refractivity contribution < 1.29 is 18.7 Å². The Hall–Kier alpha value is -7.34. The van der Waals surface area contributed by atoms with Gasteiger partial charge in [-0.15, -0.1) is 0 Å². The number of pyridine rings is 2. The van der Waals surface area contributed by atoms with E-state index in [0.29, 0.717) is 77.2 Å². The molecule has 7 aromatic rings. The third-order valence-corrected chi connectivity index (χ3v) is 14.8. The van der Waals surface area contributed by atoms with Crippen molar-refractivity contribution >= 4 is 45.7 Å². The van der Waals surface area contributed by atoms with E-state index < -0.39 is 6.03 Å². The van der Waals surface area contributed by atoms with Crippen LogP contribution >= 0.6 is 0 Å². The molecule has 12 rings (SSSR count). The number of carbonyl (C=O) groups excluding carboxylic acids is 2. The van der Waals surface area contributed by atoms with Gasteiger partial charge in [0, 0.05) is 107 Å². The predicted molar refractivity (Wildman–Crippen MR) is 254 cm³/mol. The highest BCUT2D eigenvalue weighted by molar-refractivity contribution is 6.09. The third-order valence-electron chi connectivity index (χ3n) is 14.8. The minimum absolute atomic E-state index is 0.164. The van der Waals surface area contributed by atoms with Gasteiger partial charge in [0.15, 0.2) is 11.6 Å². The number of morpholine rings is 1. The van der Waals surface area contributed by atoms with Crippen LogP contribution in [-0.4, -0.2) is 143 Å². The number of amides is 3. The number of fused-ring (bicyclic) bond motifs is 4. The van der Waals surface area contributed by atoms with Crippen LogP contribution in [0.4, 0.5) is 26.5 Å². The molecule has 6 aromatic heterocycles. The van der Waals surface area contributed by atoms with Crippen LogP contribution in [0.1, 0.15) is 49.4 Å². The first-order valence-corrected chi connectivity index (χ1v) is 23.8. The molecule has 1 N–H and O–H groups in total. The zero-order chi connectivity index (χ0) is 46.8. The number of benzene rings is 1. The summed E-state index contributed by atoms with van der Waals surface area (Å²) < 4.78 is 27.5. The molecule has 3 amide bonds. The van der Waals surface area contributed by atoms with Crippen LogP contribution in [-0.2, 0) is 23.1 Å². The van der Waals surface area contributed by atoms with Crippen LogP contribution in [0.5, 0.6) is 0 Å². The number of halogens is 1. The average molecular weight is 931 g/mol. The Balaban J connectivity index is 0.696. The minimum atomic E-state index is -0.546. The lowest BCUT2D eigenvalue weighted by Crippen LogP contribution is -2.64. The largest absolute Gasteiger partial charge is 0.378 e. The number of nitriles is 1. The van der Waals surface area contributed by atoms with Crippen molar-refractivity contribution in [2.24, 2.45) is 7.05 Å². The Morgan fingerprint density at radius 1 is 0.826 bits per heavy atom. The number of rotatable bonds is 9. The second kappa shape index (κ2) is 17.6. The zero-order valence-electron chi connectivity index (χ0n) is 38.2. The molecular weight excluding hydrogens is 880 g/mol. The number of aryl methyl sites for hydroxylation is 1. The number of nitrogens with zero attached hydrogens (tertiary/aromatic N) is 15. The molecule has 1 saturated carbocycles. The number of carbonyl (C=O) groups is 2. The van der Waals surface area contributed by atoms with Crippen molar-refractivity contribution in [3.63, 3.8) is 0 Å². The number of imide groups is 1. The topological polar surface area (TPSA) is 187 Å². The predicted octanol–water partition coefficient (Wildman–Crippen LogP) is 4.79. The fourth-order valence-electron chi connectivity index (χ4n) is 11.2. The van der Waals surface area contributed by atoms with Gasteiger partial charge in [0.2, 0.25) is 5.91 Å². The molecule has 1 aromatic carbocycles. The smallest absolute Gasteiger partial charge is 0.329 e. The van der Waals surface area contributed by atoms with E-state index in [4.69, 9.17) is 19.8 Å². The number of ether oxygens (including phenoxy) is 1. The molecule has 352 valence electrons. The van der Waals surface area contributed by atoms with E-state index in [-0.39, 0.29) is 42.8 Å². The summed E-state index contributed by atoms with van der Waals surface area (Å²) >= 11 is 0. The molecule has 69 heavy (non-hydrogen) atoms. The van der Waals surface area contributed by atoms with Crippen LogP contribution in [0.3, 0.4) is 0 Å². The summed E-state index contributed by atoms with van der Waals surface area (Å²) in [5, 5.41) is 26.8. The zero-order valence-corrected chi connectivity index (χ0v) is 38.2. The molecule has 0 spiro atoms. The highest BCUT2D eigenvalue weighted by Crippen LogP contribution is 2.37. The van der Waals surface area contributed by atoms with E-state index in [1.165, 1.54) is 9.58 Å². The third kappa shape index (κ3) is 7.89. The molecule has 4 aliphatic heterocycles. The van der Waals surface area contributed by atoms with Crippen molar-refractivity contribution in [2.45, 2.75) is 62.8 Å². The maximum Gasteiger partial charge on any atom is 0.329 e. The van der Waals surface area contributed by atoms with Crippen LogP contribution < -0.4 is 20.0 Å². The van der Waals surface area contributed by atoms with Gasteiger partial charge in [0.25, 0.3) is 0 Å². The van der Waals surface area contributed by atoms with Gasteiger partial charge in [-0.25, -0.2) is 23.7 Å². The molecule has 0 radical (unpaired) electrons. The Labute approximate surface area is 396 Å². The summed E-state index contributed by atoms with van der Waals surface area (Å²) in [6, 6.07) is 16.6. The maximum atomic E-state index is 16.2. The summed E-state index contributed by atoms with van der Waals surface area (Å²) in [6.07, 6.45) is 15.3. The number of hydrogen-bond acceptors (Lipinski definition) is 14. The second-order valence-corrected chi connectivity index (χ2v) is 18.8. The van der Waals surface area contributed by atoms with Gasteiger partial charge >= 0.3 is 6.03 Å². The standard InChI is InChI=1S/C49H51FN16O3/c1-59-47-39(48(58-59)63-15-13-43(67)57-49(63)68)10-11-41(44(47)50)61-18-16-60(17-19-61)35-6-8-36(9-7-35)65-24-33(23-54-65)40-28-66-46(32(20-51)22-55-66)45(56-40)31-5-12-42(53-21-31)62-26-37-29-69-30-38(27-62)64(37)25-34-4-2-3-14-52-34/h2-5,10-12,14,21-24,28,35-38H,6-9,13,15-19,25-27,29-30H2,1H3,(H,57,67,68)/t35-,36-,37?,38?. The summed E-state index contributed by atoms with van der Waals surface area (Å²) in [7, 11) is 1.68. The highest BCUT2D eigenvalue weighted by atomic mass is 19.1. The van der Waals surface area contributed by atoms with Crippen molar-refractivity contribution in [1.82, 2.24) is 59.2 Å². The van der Waals surface area contributed by atoms with Gasteiger partial charge in [-0.2, -0.15) is 20.6 Å². The Morgan fingerprint density at radius 2 is 1.64 bits per heavy atom. The first-order chi connectivity index (χ1) is 33.8. The van der Waals surface area contributed by atoms with Gasteiger partial charge in [-0.1, -0.05) is 6.07 Å². The molecule has 10 heterocycles. The fraction of sp³-hybridized carbons (Fsp3) is 0.408. The molecule has 2 atom stereocenters. The summed E-state index contributed by atoms with van der Waals surface area (Å²) in [6.45, 7) is 6.95. The molecular formula is C49H51FN16O3. The number of anilines is 3.